The maximum atomic E-state index is 7.53. The molecule has 4 aliphatic carbocycles. The van der Waals surface area contributed by atoms with Gasteiger partial charge in [-0.2, -0.15) is 0 Å². The molecule has 0 spiro atoms. The van der Waals surface area contributed by atoms with Crippen molar-refractivity contribution in [2.24, 2.45) is 0 Å². The minimum Gasteiger partial charge on any atom is -0.456 e. The molecule has 3 heterocycles. The van der Waals surface area contributed by atoms with Crippen LogP contribution in [0.4, 0.5) is 17.1 Å². The number of unbranched alkanes of at least 4 members (excludes halogenated alkanes) is 16. The predicted molar refractivity (Wildman–Crippen MR) is 395 cm³/mol. The van der Waals surface area contributed by atoms with E-state index in [4.69, 9.17) is 8.83 Å². The van der Waals surface area contributed by atoms with E-state index < -0.39 is 0 Å². The van der Waals surface area contributed by atoms with Crippen LogP contribution in [0.25, 0.3) is 88.4 Å². The number of nitrogens with zero attached hydrogens (tertiary/aromatic N) is 2. The van der Waals surface area contributed by atoms with E-state index in [2.05, 4.69) is 211 Å². The monoisotopic (exact) mass is 1230 g/mol. The van der Waals surface area contributed by atoms with E-state index in [-0.39, 0.29) is 21.7 Å². The zero-order valence-corrected chi connectivity index (χ0v) is 57.2. The standard InChI is InChI=1S/C89H98N2O2/c1-9-13-17-21-31-49-88(50-32-22-18-14-10-2)69-38-28-25-35-63(69)82-84(88)83-80(81-66-37-27-30-40-76(66)93-85(81)82)64-44-42-61(56-74(64)89(83,51-33-23-19-15-11-3)52-34-24-20-16-12-4)91(59-47-53-90-54-48-59)60-41-43-62-67-57-73-68(58-72(67)87(7,8)71(62)55-60)78-70(86(73,5)6)45-46-77-79(78)65-36-26-29-39-75(65)92-77/h25-30,35-48,53-58H,9-24,31-34,49-52H2,1-8H3. The van der Waals surface area contributed by atoms with Crippen LogP contribution in [-0.4, -0.2) is 4.98 Å². The first kappa shape index (κ1) is 61.5. The first-order valence-corrected chi connectivity index (χ1v) is 36.8. The van der Waals surface area contributed by atoms with Crippen molar-refractivity contribution in [3.63, 3.8) is 0 Å². The first-order chi connectivity index (χ1) is 45.5. The number of rotatable bonds is 27. The average molecular weight is 1230 g/mol. The highest BCUT2D eigenvalue weighted by molar-refractivity contribution is 6.21. The van der Waals surface area contributed by atoms with Crippen LogP contribution in [0.3, 0.4) is 0 Å². The van der Waals surface area contributed by atoms with Crippen LogP contribution in [0.1, 0.15) is 254 Å². The Morgan fingerprint density at radius 3 is 1.43 bits per heavy atom. The van der Waals surface area contributed by atoms with Crippen LogP contribution in [0, 0.1) is 0 Å². The van der Waals surface area contributed by atoms with E-state index in [0.717, 1.165) is 40.9 Å². The number of fused-ring (bicyclic) bond motifs is 22. The van der Waals surface area contributed by atoms with E-state index in [0.29, 0.717) is 0 Å². The lowest BCUT2D eigenvalue weighted by molar-refractivity contribution is 0.369. The van der Waals surface area contributed by atoms with Crippen molar-refractivity contribution in [3.05, 3.63) is 202 Å². The Morgan fingerprint density at radius 1 is 0.333 bits per heavy atom. The van der Waals surface area contributed by atoms with E-state index in [1.807, 2.05) is 12.4 Å². The molecule has 0 saturated heterocycles. The van der Waals surface area contributed by atoms with Crippen LogP contribution in [0.15, 0.2) is 167 Å². The Labute approximate surface area is 554 Å². The normalized spacial score (nSPS) is 15.4. The number of pyridine rings is 1. The summed E-state index contributed by atoms with van der Waals surface area (Å²) in [6, 6.07) is 56.8. The van der Waals surface area contributed by atoms with Gasteiger partial charge in [-0.15, -0.1) is 0 Å². The summed E-state index contributed by atoms with van der Waals surface area (Å²) >= 11 is 0. The van der Waals surface area contributed by atoms with Gasteiger partial charge < -0.3 is 13.7 Å². The number of hydrogen-bond donors (Lipinski definition) is 0. The van der Waals surface area contributed by atoms with Crippen LogP contribution in [-0.2, 0) is 21.7 Å². The Hall–Kier alpha value is -7.69. The van der Waals surface area contributed by atoms with Gasteiger partial charge in [0.2, 0.25) is 0 Å². The number of hydrogen-bond acceptors (Lipinski definition) is 4. The second-order valence-corrected chi connectivity index (χ2v) is 29.8. The number of anilines is 3. The van der Waals surface area contributed by atoms with Crippen molar-refractivity contribution in [2.45, 2.75) is 231 Å². The molecule has 8 aromatic carbocycles. The Bertz CT molecular complexity index is 4580. The molecule has 0 bridgehead atoms. The zero-order chi connectivity index (χ0) is 63.6. The fourth-order valence-corrected chi connectivity index (χ4v) is 18.9. The SMILES string of the molecule is CCCCCCCC1(CCCCCCC)c2ccccc2-c2c1c1c(c3c2oc2ccccc23)-c2ccc(N(c3ccncc3)c3ccc4c(c3)C(C)(C)c3cc5c(cc3-4)C(C)(C)c3ccc4oc6ccccc6c4c3-5)cc2C1(CCCCCCC)CCCCCCC. The fraction of sp³-hybridized carbons (Fsp3) is 0.404. The highest BCUT2D eigenvalue weighted by atomic mass is 16.3. The molecular weight excluding hydrogens is 1130 g/mol. The number of furan rings is 2. The molecule has 0 N–H and O–H groups in total. The van der Waals surface area contributed by atoms with Gasteiger partial charge in [-0.25, -0.2) is 0 Å². The molecule has 0 aliphatic heterocycles. The molecule has 3 aromatic heterocycles. The third-order valence-corrected chi connectivity index (χ3v) is 23.5. The molecule has 0 atom stereocenters. The molecule has 0 saturated carbocycles. The molecule has 4 aliphatic rings. The summed E-state index contributed by atoms with van der Waals surface area (Å²) in [7, 11) is 0. The Morgan fingerprint density at radius 2 is 0.806 bits per heavy atom. The molecule has 0 unspecified atom stereocenters. The van der Waals surface area contributed by atoms with Crippen molar-refractivity contribution in [2.75, 3.05) is 4.90 Å². The molecule has 15 rings (SSSR count). The van der Waals surface area contributed by atoms with Gasteiger partial charge in [0.15, 0.2) is 0 Å². The van der Waals surface area contributed by atoms with Gasteiger partial charge in [-0.1, -0.05) is 263 Å². The summed E-state index contributed by atoms with van der Waals surface area (Å²) in [5.41, 5.74) is 29.7. The molecule has 476 valence electrons. The van der Waals surface area contributed by atoms with Gasteiger partial charge in [-0.3, -0.25) is 4.98 Å². The van der Waals surface area contributed by atoms with Crippen molar-refractivity contribution < 1.29 is 8.83 Å². The van der Waals surface area contributed by atoms with Crippen molar-refractivity contribution >= 4 is 60.9 Å². The zero-order valence-electron chi connectivity index (χ0n) is 57.2. The average Bonchev–Trinajstić information content (AvgIpc) is 1.50. The third kappa shape index (κ3) is 9.89. The van der Waals surface area contributed by atoms with E-state index in [1.54, 1.807) is 16.7 Å². The number of benzene rings is 8. The van der Waals surface area contributed by atoms with Crippen LogP contribution >= 0.6 is 0 Å². The second-order valence-electron chi connectivity index (χ2n) is 29.8. The summed E-state index contributed by atoms with van der Waals surface area (Å²) < 4.78 is 14.1. The van der Waals surface area contributed by atoms with E-state index in [1.165, 1.54) is 247 Å². The summed E-state index contributed by atoms with van der Waals surface area (Å²) in [6.45, 7) is 19.2. The number of para-hydroxylation sites is 2. The van der Waals surface area contributed by atoms with E-state index >= 15 is 0 Å². The largest absolute Gasteiger partial charge is 0.456 e. The van der Waals surface area contributed by atoms with Crippen LogP contribution in [0.2, 0.25) is 0 Å². The molecule has 4 nitrogen and oxygen atoms in total. The quantitative estimate of drug-likeness (QED) is 0.0481. The molecule has 93 heavy (non-hydrogen) atoms. The van der Waals surface area contributed by atoms with Crippen molar-refractivity contribution in [1.82, 2.24) is 4.98 Å². The van der Waals surface area contributed by atoms with Crippen LogP contribution in [0.5, 0.6) is 0 Å². The highest BCUT2D eigenvalue weighted by Gasteiger charge is 2.54. The first-order valence-electron chi connectivity index (χ1n) is 36.8. The van der Waals surface area contributed by atoms with Gasteiger partial charge in [0.05, 0.1) is 0 Å². The molecule has 0 fully saturated rings. The van der Waals surface area contributed by atoms with Crippen molar-refractivity contribution in [3.8, 4) is 44.5 Å². The van der Waals surface area contributed by atoms with Gasteiger partial charge in [-0.05, 0) is 176 Å². The second kappa shape index (κ2) is 24.9. The topological polar surface area (TPSA) is 42.4 Å². The maximum absolute atomic E-state index is 7.53. The third-order valence-electron chi connectivity index (χ3n) is 23.5. The van der Waals surface area contributed by atoms with Gasteiger partial charge in [0, 0.05) is 78.2 Å². The van der Waals surface area contributed by atoms with Gasteiger partial charge in [0.1, 0.15) is 22.3 Å². The minimum absolute atomic E-state index is 0.140. The predicted octanol–water partition coefficient (Wildman–Crippen LogP) is 26.9. The molecule has 11 aromatic rings. The van der Waals surface area contributed by atoms with Crippen LogP contribution < -0.4 is 4.90 Å². The molecule has 4 heteroatoms. The lowest BCUT2D eigenvalue weighted by Crippen LogP contribution is -2.33. The lowest BCUT2D eigenvalue weighted by Gasteiger charge is -2.40. The minimum atomic E-state index is -0.279. The Kier molecular flexibility index (Phi) is 16.5. The summed E-state index contributed by atoms with van der Waals surface area (Å²) in [5, 5.41) is 5.00. The highest BCUT2D eigenvalue weighted by Crippen LogP contribution is 2.68. The lowest BCUT2D eigenvalue weighted by atomic mass is 9.62. The number of aromatic nitrogens is 1. The smallest absolute Gasteiger partial charge is 0.144 e. The Balaban J connectivity index is 0.943. The summed E-state index contributed by atoms with van der Waals surface area (Å²) in [5.74, 6) is 0. The van der Waals surface area contributed by atoms with Crippen molar-refractivity contribution in [1.29, 1.82) is 0 Å². The molecule has 0 radical (unpaired) electrons. The van der Waals surface area contributed by atoms with Gasteiger partial charge in [0.25, 0.3) is 0 Å². The van der Waals surface area contributed by atoms with E-state index in [9.17, 15) is 0 Å². The van der Waals surface area contributed by atoms with Gasteiger partial charge >= 0.3 is 0 Å². The fourth-order valence-electron chi connectivity index (χ4n) is 18.9. The maximum Gasteiger partial charge on any atom is 0.144 e. The molecular formula is C89H98N2O2. The summed E-state index contributed by atoms with van der Waals surface area (Å²) in [6.07, 6.45) is 33.9. The summed E-state index contributed by atoms with van der Waals surface area (Å²) in [4.78, 5) is 7.25. The molecule has 0 amide bonds.